The molecule has 2 aromatic carbocycles. The predicted octanol–water partition coefficient (Wildman–Crippen LogP) is 2.95. The van der Waals surface area contributed by atoms with Crippen molar-refractivity contribution >= 4 is 22.5 Å². The first-order valence-electron chi connectivity index (χ1n) is 4.08. The molecule has 0 fully saturated rings. The fourth-order valence-corrected chi connectivity index (χ4v) is 1.39. The van der Waals surface area contributed by atoms with Crippen molar-refractivity contribution in [3.8, 4) is 0 Å². The van der Waals surface area contributed by atoms with Gasteiger partial charge in [-0.3, -0.25) is 0 Å². The molecule has 2 nitrogen and oxygen atoms in total. The molecule has 0 spiro atoms. The van der Waals surface area contributed by atoms with Gasteiger partial charge in [0.1, 0.15) is 11.5 Å². The lowest BCUT2D eigenvalue weighted by Gasteiger charge is -2.00. The van der Waals surface area contributed by atoms with E-state index in [-0.39, 0.29) is 5.69 Å². The van der Waals surface area contributed by atoms with Gasteiger partial charge in [0.25, 0.3) is 0 Å². The van der Waals surface area contributed by atoms with E-state index in [1.165, 1.54) is 12.1 Å². The normalized spacial score (nSPS) is 9.79. The van der Waals surface area contributed by atoms with Crippen LogP contribution in [0.5, 0.6) is 0 Å². The molecule has 14 heavy (non-hydrogen) atoms. The highest BCUT2D eigenvalue weighted by Gasteiger charge is 2.05. The maximum Gasteiger partial charge on any atom is 0.240 e. The maximum absolute atomic E-state index is 13.2. The average Bonchev–Trinajstić information content (AvgIpc) is 2.23. The summed E-state index contributed by atoms with van der Waals surface area (Å²) in [5.41, 5.74) is 0.0538. The van der Waals surface area contributed by atoms with Crippen LogP contribution in [0.4, 0.5) is 10.1 Å². The fraction of sp³-hybridized carbons (Fsp3) is 0. The van der Waals surface area contributed by atoms with Crippen LogP contribution in [0.1, 0.15) is 0 Å². The average molecular weight is 187 g/mol. The van der Waals surface area contributed by atoms with Gasteiger partial charge in [0, 0.05) is 5.39 Å². The molecular weight excluding hydrogens is 181 g/mol. The summed E-state index contributed by atoms with van der Waals surface area (Å²) in [5.74, 6) is -0.507. The first-order valence-corrected chi connectivity index (χ1v) is 4.08. The Morgan fingerprint density at radius 1 is 1.14 bits per heavy atom. The topological polar surface area (TPSA) is 29.4 Å². The summed E-state index contributed by atoms with van der Waals surface area (Å²) in [6.07, 6.45) is 1.35. The number of halogens is 1. The molecule has 3 heteroatoms. The van der Waals surface area contributed by atoms with E-state index in [2.05, 4.69) is 4.99 Å². The molecule has 2 aromatic rings. The van der Waals surface area contributed by atoms with Crippen molar-refractivity contribution < 1.29 is 9.18 Å². The van der Waals surface area contributed by atoms with Crippen molar-refractivity contribution in [3.63, 3.8) is 0 Å². The second-order valence-corrected chi connectivity index (χ2v) is 2.82. The van der Waals surface area contributed by atoms with Crippen LogP contribution in [0.25, 0.3) is 10.8 Å². The maximum atomic E-state index is 13.2. The zero-order chi connectivity index (χ0) is 9.97. The van der Waals surface area contributed by atoms with Crippen molar-refractivity contribution in [1.82, 2.24) is 0 Å². The number of benzene rings is 2. The van der Waals surface area contributed by atoms with Crippen LogP contribution in [0, 0.1) is 5.82 Å². The largest absolute Gasteiger partial charge is 0.240 e. The van der Waals surface area contributed by atoms with E-state index in [1.54, 1.807) is 18.2 Å². The molecule has 0 bridgehead atoms. The van der Waals surface area contributed by atoms with Crippen molar-refractivity contribution in [2.45, 2.75) is 0 Å². The summed E-state index contributed by atoms with van der Waals surface area (Å²) in [7, 11) is 0. The predicted molar refractivity (Wildman–Crippen MR) is 51.7 cm³/mol. The Bertz CT molecular complexity index is 530. The number of isocyanates is 1. The van der Waals surface area contributed by atoms with Crippen LogP contribution in [0.2, 0.25) is 0 Å². The van der Waals surface area contributed by atoms with E-state index in [0.29, 0.717) is 5.39 Å². The van der Waals surface area contributed by atoms with Gasteiger partial charge in [-0.2, -0.15) is 4.99 Å². The Hall–Kier alpha value is -1.99. The number of carbonyl (C=O) groups excluding carboxylic acids is 1. The molecule has 0 aliphatic rings. The van der Waals surface area contributed by atoms with E-state index >= 15 is 0 Å². The molecule has 0 atom stereocenters. The summed E-state index contributed by atoms with van der Waals surface area (Å²) in [4.78, 5) is 13.5. The van der Waals surface area contributed by atoms with E-state index in [4.69, 9.17) is 0 Å². The first kappa shape index (κ1) is 8.60. The Labute approximate surface area is 79.7 Å². The van der Waals surface area contributed by atoms with Crippen molar-refractivity contribution in [1.29, 1.82) is 0 Å². The number of rotatable bonds is 1. The summed E-state index contributed by atoms with van der Waals surface area (Å²) in [5, 5.41) is 1.47. The fourth-order valence-electron chi connectivity index (χ4n) is 1.39. The van der Waals surface area contributed by atoms with Crippen molar-refractivity contribution in [2.75, 3.05) is 0 Å². The van der Waals surface area contributed by atoms with Crippen LogP contribution in [-0.4, -0.2) is 6.08 Å². The number of hydrogen-bond acceptors (Lipinski definition) is 2. The quantitative estimate of drug-likeness (QED) is 0.498. The lowest BCUT2D eigenvalue weighted by atomic mass is 10.1. The van der Waals surface area contributed by atoms with Gasteiger partial charge in [0.15, 0.2) is 0 Å². The summed E-state index contributed by atoms with van der Waals surface area (Å²) >= 11 is 0. The van der Waals surface area contributed by atoms with Gasteiger partial charge in [0.05, 0.1) is 0 Å². The molecule has 0 aliphatic carbocycles. The van der Waals surface area contributed by atoms with Crippen LogP contribution in [0.15, 0.2) is 41.4 Å². The highest BCUT2D eigenvalue weighted by molar-refractivity contribution is 5.93. The van der Waals surface area contributed by atoms with Gasteiger partial charge in [-0.25, -0.2) is 9.18 Å². The number of aliphatic imine (C=N–C) groups is 1. The van der Waals surface area contributed by atoms with Crippen LogP contribution < -0.4 is 0 Å². The molecular formula is C11H6FNO. The summed E-state index contributed by atoms with van der Waals surface area (Å²) < 4.78 is 13.2. The molecule has 0 amide bonds. The monoisotopic (exact) mass is 187 g/mol. The molecule has 0 aromatic heterocycles. The highest BCUT2D eigenvalue weighted by Crippen LogP contribution is 2.28. The third-order valence-electron chi connectivity index (χ3n) is 2.01. The number of hydrogen-bond donors (Lipinski definition) is 0. The molecule has 0 saturated heterocycles. The van der Waals surface area contributed by atoms with Crippen LogP contribution in [-0.2, 0) is 4.79 Å². The highest BCUT2D eigenvalue weighted by atomic mass is 19.1. The Morgan fingerprint density at radius 3 is 2.71 bits per heavy atom. The Morgan fingerprint density at radius 2 is 1.93 bits per heavy atom. The van der Waals surface area contributed by atoms with Crippen molar-refractivity contribution in [3.05, 3.63) is 42.2 Å². The van der Waals surface area contributed by atoms with Gasteiger partial charge in [0.2, 0.25) is 6.08 Å². The van der Waals surface area contributed by atoms with E-state index < -0.39 is 5.82 Å². The molecule has 0 heterocycles. The van der Waals surface area contributed by atoms with Gasteiger partial charge in [-0.15, -0.1) is 0 Å². The lowest BCUT2D eigenvalue weighted by Crippen LogP contribution is -1.78. The lowest BCUT2D eigenvalue weighted by molar-refractivity contribution is 0.564. The second kappa shape index (κ2) is 3.40. The van der Waals surface area contributed by atoms with E-state index in [1.807, 2.05) is 12.1 Å². The summed E-state index contributed by atoms with van der Waals surface area (Å²) in [6, 6.07) is 10.1. The van der Waals surface area contributed by atoms with Crippen molar-refractivity contribution in [2.24, 2.45) is 4.99 Å². The third-order valence-corrected chi connectivity index (χ3v) is 2.01. The van der Waals surface area contributed by atoms with Gasteiger partial charge < -0.3 is 0 Å². The standard InChI is InChI=1S/C11H6FNO/c12-10-6-5-8-3-1-2-4-9(8)11(10)13-7-14/h1-6H. The van der Waals surface area contributed by atoms with E-state index in [0.717, 1.165) is 5.39 Å². The SMILES string of the molecule is O=C=Nc1c(F)ccc2ccccc12. The number of nitrogens with zero attached hydrogens (tertiary/aromatic N) is 1. The molecule has 68 valence electrons. The number of fused-ring (bicyclic) bond motifs is 1. The van der Waals surface area contributed by atoms with Crippen LogP contribution >= 0.6 is 0 Å². The molecule has 0 N–H and O–H groups in total. The van der Waals surface area contributed by atoms with Crippen LogP contribution in [0.3, 0.4) is 0 Å². The molecule has 0 unspecified atom stereocenters. The minimum atomic E-state index is -0.507. The minimum Gasteiger partial charge on any atom is -0.211 e. The molecule has 0 saturated carbocycles. The zero-order valence-electron chi connectivity index (χ0n) is 7.20. The zero-order valence-corrected chi connectivity index (χ0v) is 7.20. The third kappa shape index (κ3) is 1.30. The Balaban J connectivity index is 2.89. The first-order chi connectivity index (χ1) is 6.83. The minimum absolute atomic E-state index is 0.0538. The second-order valence-electron chi connectivity index (χ2n) is 2.82. The Kier molecular flexibility index (Phi) is 2.09. The van der Waals surface area contributed by atoms with Gasteiger partial charge >= 0.3 is 0 Å². The molecule has 0 aliphatic heterocycles. The smallest absolute Gasteiger partial charge is 0.211 e. The van der Waals surface area contributed by atoms with E-state index in [9.17, 15) is 9.18 Å². The molecule has 0 radical (unpaired) electrons. The van der Waals surface area contributed by atoms with Gasteiger partial charge in [-0.05, 0) is 11.5 Å². The molecule has 2 rings (SSSR count). The van der Waals surface area contributed by atoms with Gasteiger partial charge in [-0.1, -0.05) is 30.3 Å². The summed E-state index contributed by atoms with van der Waals surface area (Å²) in [6.45, 7) is 0.